The predicted molar refractivity (Wildman–Crippen MR) is 75.9 cm³/mol. The van der Waals surface area contributed by atoms with Crippen LogP contribution in [-0.2, 0) is 13.6 Å². The van der Waals surface area contributed by atoms with Gasteiger partial charge < -0.3 is 5.32 Å². The Morgan fingerprint density at radius 2 is 2.32 bits per heavy atom. The molecule has 5 nitrogen and oxygen atoms in total. The van der Waals surface area contributed by atoms with Crippen LogP contribution in [0.5, 0.6) is 0 Å². The van der Waals surface area contributed by atoms with Crippen LogP contribution in [-0.4, -0.2) is 20.0 Å². The third-order valence-electron chi connectivity index (χ3n) is 2.82. The average Bonchev–Trinajstić information content (AvgIpc) is 3.08. The van der Waals surface area contributed by atoms with Gasteiger partial charge in [0.1, 0.15) is 5.01 Å². The maximum Gasteiger partial charge on any atom is 0.123 e. The number of benzene rings is 1. The molecule has 0 saturated carbocycles. The van der Waals surface area contributed by atoms with Gasteiger partial charge in [0.05, 0.1) is 18.4 Å². The van der Waals surface area contributed by atoms with E-state index in [1.54, 1.807) is 22.2 Å². The lowest BCUT2D eigenvalue weighted by molar-refractivity contribution is 0.683. The number of thiazole rings is 1. The number of anilines is 1. The van der Waals surface area contributed by atoms with Gasteiger partial charge in [-0.1, -0.05) is 17.3 Å². The molecule has 2 heterocycles. The summed E-state index contributed by atoms with van der Waals surface area (Å²) >= 11 is 1.64. The first-order chi connectivity index (χ1) is 9.33. The summed E-state index contributed by atoms with van der Waals surface area (Å²) in [5.74, 6) is 0. The van der Waals surface area contributed by atoms with E-state index < -0.39 is 0 Å². The quantitative estimate of drug-likeness (QED) is 0.792. The minimum absolute atomic E-state index is 0.699. The van der Waals surface area contributed by atoms with Crippen molar-refractivity contribution in [1.29, 1.82) is 0 Å². The van der Waals surface area contributed by atoms with Gasteiger partial charge in [-0.05, 0) is 12.1 Å². The Kier molecular flexibility index (Phi) is 3.24. The van der Waals surface area contributed by atoms with Crippen LogP contribution in [0.2, 0.25) is 0 Å². The largest absolute Gasteiger partial charge is 0.379 e. The minimum atomic E-state index is 0.699. The molecule has 96 valence electrons. The van der Waals surface area contributed by atoms with Gasteiger partial charge in [-0.15, -0.1) is 16.4 Å². The molecule has 3 aromatic rings. The van der Waals surface area contributed by atoms with E-state index in [0.29, 0.717) is 6.54 Å². The fourth-order valence-electron chi connectivity index (χ4n) is 1.79. The van der Waals surface area contributed by atoms with Crippen molar-refractivity contribution in [3.8, 4) is 10.6 Å². The summed E-state index contributed by atoms with van der Waals surface area (Å²) in [6, 6.07) is 8.24. The minimum Gasteiger partial charge on any atom is -0.379 e. The lowest BCUT2D eigenvalue weighted by atomic mass is 10.2. The zero-order valence-electron chi connectivity index (χ0n) is 10.4. The van der Waals surface area contributed by atoms with Crippen LogP contribution in [0.25, 0.3) is 10.6 Å². The summed E-state index contributed by atoms with van der Waals surface area (Å²) in [6.07, 6.45) is 3.58. The molecule has 19 heavy (non-hydrogen) atoms. The molecule has 0 saturated heterocycles. The van der Waals surface area contributed by atoms with Crippen molar-refractivity contribution in [2.24, 2.45) is 7.05 Å². The van der Waals surface area contributed by atoms with Gasteiger partial charge in [0, 0.05) is 29.9 Å². The van der Waals surface area contributed by atoms with E-state index in [9.17, 15) is 0 Å². The van der Waals surface area contributed by atoms with Crippen molar-refractivity contribution < 1.29 is 0 Å². The van der Waals surface area contributed by atoms with Crippen molar-refractivity contribution >= 4 is 17.0 Å². The zero-order valence-corrected chi connectivity index (χ0v) is 11.3. The third kappa shape index (κ3) is 2.63. The van der Waals surface area contributed by atoms with Crippen LogP contribution in [0.15, 0.2) is 42.0 Å². The molecule has 0 bridgehead atoms. The molecule has 0 atom stereocenters. The van der Waals surface area contributed by atoms with Gasteiger partial charge in [0.2, 0.25) is 0 Å². The molecular formula is C13H13N5S. The molecule has 0 unspecified atom stereocenters. The first-order valence-corrected chi connectivity index (χ1v) is 6.78. The molecule has 3 rings (SSSR count). The molecule has 0 fully saturated rings. The number of hydrogen-bond donors (Lipinski definition) is 1. The van der Waals surface area contributed by atoms with Crippen molar-refractivity contribution in [1.82, 2.24) is 20.0 Å². The monoisotopic (exact) mass is 271 g/mol. The number of nitrogens with zero attached hydrogens (tertiary/aromatic N) is 4. The van der Waals surface area contributed by atoms with E-state index in [1.807, 2.05) is 30.8 Å². The molecule has 0 aliphatic carbocycles. The van der Waals surface area contributed by atoms with Crippen LogP contribution >= 0.6 is 11.3 Å². The fourth-order valence-corrected chi connectivity index (χ4v) is 2.43. The normalized spacial score (nSPS) is 10.6. The van der Waals surface area contributed by atoms with Crippen LogP contribution in [0.3, 0.4) is 0 Å². The van der Waals surface area contributed by atoms with Crippen LogP contribution in [0.1, 0.15) is 5.69 Å². The van der Waals surface area contributed by atoms with Gasteiger partial charge in [0.25, 0.3) is 0 Å². The highest BCUT2D eigenvalue weighted by Crippen LogP contribution is 2.24. The van der Waals surface area contributed by atoms with Gasteiger partial charge in [-0.2, -0.15) is 0 Å². The molecule has 0 spiro atoms. The van der Waals surface area contributed by atoms with Crippen molar-refractivity contribution in [3.05, 3.63) is 47.7 Å². The van der Waals surface area contributed by atoms with E-state index in [2.05, 4.69) is 32.7 Å². The molecule has 6 heteroatoms. The molecular weight excluding hydrogens is 258 g/mol. The van der Waals surface area contributed by atoms with Crippen LogP contribution < -0.4 is 5.32 Å². The number of nitrogens with one attached hydrogen (secondary N) is 1. The summed E-state index contributed by atoms with van der Waals surface area (Å²) in [5, 5.41) is 14.1. The summed E-state index contributed by atoms with van der Waals surface area (Å²) in [6.45, 7) is 0.699. The SMILES string of the molecule is Cn1nncc1CNc1cccc(-c2nccs2)c1. The Morgan fingerprint density at radius 3 is 3.05 bits per heavy atom. The van der Waals surface area contributed by atoms with E-state index in [4.69, 9.17) is 0 Å². The molecule has 1 N–H and O–H groups in total. The number of aromatic nitrogens is 4. The second-order valence-electron chi connectivity index (χ2n) is 4.12. The van der Waals surface area contributed by atoms with Gasteiger partial charge in [0.15, 0.2) is 0 Å². The zero-order chi connectivity index (χ0) is 13.1. The maximum absolute atomic E-state index is 4.32. The highest BCUT2D eigenvalue weighted by Gasteiger charge is 2.03. The predicted octanol–water partition coefficient (Wildman–Crippen LogP) is 2.55. The Labute approximate surface area is 114 Å². The molecule has 0 aliphatic rings. The maximum atomic E-state index is 4.32. The number of rotatable bonds is 4. The first-order valence-electron chi connectivity index (χ1n) is 5.90. The Bertz CT molecular complexity index is 659. The van der Waals surface area contributed by atoms with E-state index in [1.165, 1.54) is 0 Å². The summed E-state index contributed by atoms with van der Waals surface area (Å²) in [4.78, 5) is 4.32. The van der Waals surface area contributed by atoms with Crippen LogP contribution in [0.4, 0.5) is 5.69 Å². The van der Waals surface area contributed by atoms with Gasteiger partial charge in [-0.3, -0.25) is 4.68 Å². The van der Waals surface area contributed by atoms with Crippen molar-refractivity contribution in [2.45, 2.75) is 6.54 Å². The molecule has 1 aromatic carbocycles. The molecule has 0 amide bonds. The first kappa shape index (κ1) is 11.9. The summed E-state index contributed by atoms with van der Waals surface area (Å²) in [7, 11) is 1.88. The van der Waals surface area contributed by atoms with E-state index in [0.717, 1.165) is 22.0 Å². The van der Waals surface area contributed by atoms with E-state index in [-0.39, 0.29) is 0 Å². The molecule has 2 aromatic heterocycles. The lowest BCUT2D eigenvalue weighted by Gasteiger charge is -2.07. The highest BCUT2D eigenvalue weighted by atomic mass is 32.1. The van der Waals surface area contributed by atoms with Gasteiger partial charge >= 0.3 is 0 Å². The Balaban J connectivity index is 1.75. The average molecular weight is 271 g/mol. The standard InChI is InChI=1S/C13H13N5S/c1-18-12(9-16-17-18)8-15-11-4-2-3-10(7-11)13-14-5-6-19-13/h2-7,9,15H,8H2,1H3. The smallest absolute Gasteiger partial charge is 0.123 e. The summed E-state index contributed by atoms with van der Waals surface area (Å²) < 4.78 is 1.76. The molecule has 0 radical (unpaired) electrons. The third-order valence-corrected chi connectivity index (χ3v) is 3.65. The highest BCUT2D eigenvalue weighted by molar-refractivity contribution is 7.13. The van der Waals surface area contributed by atoms with E-state index >= 15 is 0 Å². The Hall–Kier alpha value is -2.21. The Morgan fingerprint density at radius 1 is 1.37 bits per heavy atom. The van der Waals surface area contributed by atoms with Crippen molar-refractivity contribution in [2.75, 3.05) is 5.32 Å². The second-order valence-corrected chi connectivity index (χ2v) is 5.02. The summed E-state index contributed by atoms with van der Waals surface area (Å²) in [5.41, 5.74) is 3.23. The second kappa shape index (κ2) is 5.19. The molecule has 0 aliphatic heterocycles. The van der Waals surface area contributed by atoms with Crippen molar-refractivity contribution in [3.63, 3.8) is 0 Å². The lowest BCUT2D eigenvalue weighted by Crippen LogP contribution is -2.05. The number of aryl methyl sites for hydroxylation is 1. The topological polar surface area (TPSA) is 55.6 Å². The van der Waals surface area contributed by atoms with Gasteiger partial charge in [-0.25, -0.2) is 4.98 Å². The fraction of sp³-hybridized carbons (Fsp3) is 0.154. The number of hydrogen-bond acceptors (Lipinski definition) is 5. The van der Waals surface area contributed by atoms with Crippen LogP contribution in [0, 0.1) is 0 Å².